The Bertz CT molecular complexity index is 494. The third kappa shape index (κ3) is 1.82. The van der Waals surface area contributed by atoms with Gasteiger partial charge < -0.3 is 16.0 Å². The second kappa shape index (κ2) is 4.19. The van der Waals surface area contributed by atoms with Crippen LogP contribution in [0.15, 0.2) is 12.1 Å². The topological polar surface area (TPSA) is 58.4 Å². The quantitative estimate of drug-likeness (QED) is 0.785. The van der Waals surface area contributed by atoms with Crippen LogP contribution in [0.4, 0.5) is 17.1 Å². The molecule has 1 fully saturated rings. The molecule has 1 aromatic rings. The summed E-state index contributed by atoms with van der Waals surface area (Å²) in [5.74, 6) is 0.101. The molecule has 0 saturated heterocycles. The number of fused-ring (bicyclic) bond motifs is 1. The second-order valence-electron chi connectivity index (χ2n) is 5.31. The SMILES string of the molecule is CN(c1cc2c(cc1N)CCC(=O)N2)C1CCC1. The molecular weight excluding hydrogens is 226 g/mol. The zero-order chi connectivity index (χ0) is 12.7. The van der Waals surface area contributed by atoms with Crippen LogP contribution < -0.4 is 16.0 Å². The normalized spacial score (nSPS) is 18.8. The van der Waals surface area contributed by atoms with E-state index in [-0.39, 0.29) is 5.91 Å². The van der Waals surface area contributed by atoms with Crippen molar-refractivity contribution >= 4 is 23.0 Å². The molecule has 4 heteroatoms. The van der Waals surface area contributed by atoms with Gasteiger partial charge in [-0.3, -0.25) is 4.79 Å². The summed E-state index contributed by atoms with van der Waals surface area (Å²) in [6.07, 6.45) is 5.12. The van der Waals surface area contributed by atoms with E-state index in [1.165, 1.54) is 19.3 Å². The lowest BCUT2D eigenvalue weighted by molar-refractivity contribution is -0.116. The molecule has 1 heterocycles. The van der Waals surface area contributed by atoms with Crippen LogP contribution in [0.1, 0.15) is 31.2 Å². The van der Waals surface area contributed by atoms with Gasteiger partial charge in [-0.2, -0.15) is 0 Å². The molecule has 3 rings (SSSR count). The van der Waals surface area contributed by atoms with E-state index < -0.39 is 0 Å². The number of benzene rings is 1. The molecule has 1 aliphatic heterocycles. The van der Waals surface area contributed by atoms with Gasteiger partial charge in [0.15, 0.2) is 0 Å². The average molecular weight is 245 g/mol. The Kier molecular flexibility index (Phi) is 2.65. The molecule has 4 nitrogen and oxygen atoms in total. The number of nitrogens with two attached hydrogens (primary N) is 1. The molecular formula is C14H19N3O. The number of aryl methyl sites for hydroxylation is 1. The third-order valence-electron chi connectivity index (χ3n) is 4.15. The highest BCUT2D eigenvalue weighted by molar-refractivity contribution is 5.95. The van der Waals surface area contributed by atoms with E-state index in [4.69, 9.17) is 5.73 Å². The van der Waals surface area contributed by atoms with Crippen molar-refractivity contribution in [3.8, 4) is 0 Å². The molecule has 1 aliphatic carbocycles. The van der Waals surface area contributed by atoms with Crippen molar-refractivity contribution in [2.45, 2.75) is 38.1 Å². The molecule has 3 N–H and O–H groups in total. The Labute approximate surface area is 107 Å². The number of hydrogen-bond donors (Lipinski definition) is 2. The first-order chi connectivity index (χ1) is 8.65. The number of nitrogens with zero attached hydrogens (tertiary/aromatic N) is 1. The molecule has 0 spiro atoms. The minimum Gasteiger partial charge on any atom is -0.397 e. The predicted octanol–water partition coefficient (Wildman–Crippen LogP) is 2.14. The second-order valence-corrected chi connectivity index (χ2v) is 5.31. The summed E-state index contributed by atoms with van der Waals surface area (Å²) >= 11 is 0. The van der Waals surface area contributed by atoms with Gasteiger partial charge in [0, 0.05) is 25.2 Å². The Morgan fingerprint density at radius 1 is 1.33 bits per heavy atom. The van der Waals surface area contributed by atoms with Gasteiger partial charge in [-0.25, -0.2) is 0 Å². The Hall–Kier alpha value is -1.71. The largest absolute Gasteiger partial charge is 0.397 e. The van der Waals surface area contributed by atoms with Crippen LogP contribution in [0.2, 0.25) is 0 Å². The number of amides is 1. The first kappa shape index (κ1) is 11.4. The van der Waals surface area contributed by atoms with Crippen LogP contribution in [0.5, 0.6) is 0 Å². The number of rotatable bonds is 2. The highest BCUT2D eigenvalue weighted by Crippen LogP contribution is 2.36. The molecule has 1 saturated carbocycles. The van der Waals surface area contributed by atoms with Crippen LogP contribution in [-0.2, 0) is 11.2 Å². The fourth-order valence-corrected chi connectivity index (χ4v) is 2.71. The number of nitrogens with one attached hydrogen (secondary N) is 1. The number of carbonyl (C=O) groups excluding carboxylic acids is 1. The van der Waals surface area contributed by atoms with Gasteiger partial charge in [0.2, 0.25) is 5.91 Å². The molecule has 0 unspecified atom stereocenters. The van der Waals surface area contributed by atoms with E-state index in [9.17, 15) is 4.79 Å². The van der Waals surface area contributed by atoms with E-state index in [2.05, 4.69) is 17.3 Å². The van der Waals surface area contributed by atoms with E-state index in [1.807, 2.05) is 12.1 Å². The van der Waals surface area contributed by atoms with Gasteiger partial charge in [0.1, 0.15) is 0 Å². The summed E-state index contributed by atoms with van der Waals surface area (Å²) in [7, 11) is 2.09. The maximum atomic E-state index is 11.4. The van der Waals surface area contributed by atoms with Crippen LogP contribution in [0.3, 0.4) is 0 Å². The van der Waals surface area contributed by atoms with Gasteiger partial charge in [0.25, 0.3) is 0 Å². The van der Waals surface area contributed by atoms with E-state index in [1.54, 1.807) is 0 Å². The van der Waals surface area contributed by atoms with Crippen LogP contribution in [0.25, 0.3) is 0 Å². The van der Waals surface area contributed by atoms with Crippen molar-refractivity contribution < 1.29 is 4.79 Å². The summed E-state index contributed by atoms with van der Waals surface area (Å²) in [5, 5.41) is 2.94. The van der Waals surface area contributed by atoms with Gasteiger partial charge in [-0.15, -0.1) is 0 Å². The molecule has 96 valence electrons. The molecule has 0 bridgehead atoms. The fraction of sp³-hybridized carbons (Fsp3) is 0.500. The Balaban J connectivity index is 1.94. The molecule has 0 atom stereocenters. The van der Waals surface area contributed by atoms with Gasteiger partial charge >= 0.3 is 0 Å². The molecule has 2 aliphatic rings. The van der Waals surface area contributed by atoms with Crippen molar-refractivity contribution in [3.63, 3.8) is 0 Å². The summed E-state index contributed by atoms with van der Waals surface area (Å²) in [6.45, 7) is 0. The highest BCUT2D eigenvalue weighted by Gasteiger charge is 2.25. The van der Waals surface area contributed by atoms with Gasteiger partial charge in [-0.1, -0.05) is 0 Å². The van der Waals surface area contributed by atoms with Crippen molar-refractivity contribution in [2.24, 2.45) is 0 Å². The van der Waals surface area contributed by atoms with Crippen molar-refractivity contribution in [3.05, 3.63) is 17.7 Å². The van der Waals surface area contributed by atoms with Crippen LogP contribution >= 0.6 is 0 Å². The van der Waals surface area contributed by atoms with E-state index >= 15 is 0 Å². The van der Waals surface area contributed by atoms with E-state index in [0.717, 1.165) is 29.0 Å². The number of hydrogen-bond acceptors (Lipinski definition) is 3. The summed E-state index contributed by atoms with van der Waals surface area (Å²) < 4.78 is 0. The summed E-state index contributed by atoms with van der Waals surface area (Å²) in [4.78, 5) is 13.7. The third-order valence-corrected chi connectivity index (χ3v) is 4.15. The highest BCUT2D eigenvalue weighted by atomic mass is 16.1. The minimum atomic E-state index is 0.101. The van der Waals surface area contributed by atoms with E-state index in [0.29, 0.717) is 12.5 Å². The molecule has 0 radical (unpaired) electrons. The Morgan fingerprint density at radius 3 is 2.78 bits per heavy atom. The zero-order valence-corrected chi connectivity index (χ0v) is 10.7. The van der Waals surface area contributed by atoms with Crippen molar-refractivity contribution in [2.75, 3.05) is 23.0 Å². The average Bonchev–Trinajstić information content (AvgIpc) is 2.26. The maximum Gasteiger partial charge on any atom is 0.224 e. The predicted molar refractivity (Wildman–Crippen MR) is 73.8 cm³/mol. The first-order valence-electron chi connectivity index (χ1n) is 6.60. The Morgan fingerprint density at radius 2 is 2.11 bits per heavy atom. The fourth-order valence-electron chi connectivity index (χ4n) is 2.71. The lowest BCUT2D eigenvalue weighted by atomic mass is 9.91. The standard InChI is InChI=1S/C14H19N3O/c1-17(10-3-2-4-10)13-8-12-9(7-11(13)15)5-6-14(18)16-12/h7-8,10H,2-6,15H2,1H3,(H,16,18). The first-order valence-corrected chi connectivity index (χ1v) is 6.60. The maximum absolute atomic E-state index is 11.4. The van der Waals surface area contributed by atoms with Crippen molar-refractivity contribution in [1.82, 2.24) is 0 Å². The van der Waals surface area contributed by atoms with Crippen LogP contribution in [-0.4, -0.2) is 19.0 Å². The number of nitrogen functional groups attached to an aromatic ring is 1. The lowest BCUT2D eigenvalue weighted by Crippen LogP contribution is -2.37. The number of carbonyl (C=O) groups is 1. The summed E-state index contributed by atoms with van der Waals surface area (Å²) in [6, 6.07) is 4.64. The van der Waals surface area contributed by atoms with Gasteiger partial charge in [-0.05, 0) is 43.4 Å². The molecule has 18 heavy (non-hydrogen) atoms. The zero-order valence-electron chi connectivity index (χ0n) is 10.7. The monoisotopic (exact) mass is 245 g/mol. The summed E-state index contributed by atoms with van der Waals surface area (Å²) in [5.41, 5.74) is 10.1. The van der Waals surface area contributed by atoms with Crippen molar-refractivity contribution in [1.29, 1.82) is 0 Å². The smallest absolute Gasteiger partial charge is 0.224 e. The van der Waals surface area contributed by atoms with Crippen LogP contribution in [0, 0.1) is 0 Å². The minimum absolute atomic E-state index is 0.101. The van der Waals surface area contributed by atoms with Gasteiger partial charge in [0.05, 0.1) is 11.4 Å². The molecule has 0 aromatic heterocycles. The lowest BCUT2D eigenvalue weighted by Gasteiger charge is -2.37. The number of anilines is 3. The molecule has 1 aromatic carbocycles. The molecule has 1 amide bonds.